The van der Waals surface area contributed by atoms with Gasteiger partial charge < -0.3 is 25.2 Å². The zero-order chi connectivity index (χ0) is 30.3. The van der Waals surface area contributed by atoms with E-state index in [0.29, 0.717) is 24.0 Å². The molecule has 7 rings (SSSR count). The molecule has 43 heavy (non-hydrogen) atoms. The molecule has 12 heteroatoms. The second-order valence-electron chi connectivity index (χ2n) is 12.1. The minimum Gasteiger partial charge on any atom is -0.493 e. The van der Waals surface area contributed by atoms with Crippen LogP contribution in [0.1, 0.15) is 31.7 Å². The maximum Gasteiger partial charge on any atom is 0.319 e. The number of benzene rings is 2. The van der Waals surface area contributed by atoms with E-state index in [0.717, 1.165) is 18.9 Å². The van der Waals surface area contributed by atoms with E-state index in [1.54, 1.807) is 18.2 Å². The number of rotatable bonds is 6. The molecule has 1 saturated carbocycles. The van der Waals surface area contributed by atoms with E-state index in [2.05, 4.69) is 33.1 Å². The average Bonchev–Trinajstić information content (AvgIpc) is 3.42. The van der Waals surface area contributed by atoms with Crippen LogP contribution in [0.4, 0.5) is 23.4 Å². The Labute approximate surface area is 243 Å². The molecular weight excluding hydrogens is 566 g/mol. The second kappa shape index (κ2) is 9.39. The molecule has 0 unspecified atom stereocenters. The first-order valence-electron chi connectivity index (χ1n) is 13.9. The van der Waals surface area contributed by atoms with Gasteiger partial charge in [0.15, 0.2) is 5.82 Å². The predicted molar refractivity (Wildman–Crippen MR) is 151 cm³/mol. The molecule has 3 atom stereocenters. The van der Waals surface area contributed by atoms with Gasteiger partial charge in [0.2, 0.25) is 5.88 Å². The fourth-order valence-electron chi connectivity index (χ4n) is 6.54. The summed E-state index contributed by atoms with van der Waals surface area (Å²) in [5.74, 6) is -2.97. The molecule has 3 N–H and O–H groups in total. The molecule has 2 bridgehead atoms. The van der Waals surface area contributed by atoms with E-state index in [-0.39, 0.29) is 45.4 Å². The summed E-state index contributed by atoms with van der Waals surface area (Å²) in [5, 5.41) is 24.3. The Morgan fingerprint density at radius 1 is 1.21 bits per heavy atom. The molecule has 1 aliphatic carbocycles. The number of nitrogens with zero attached hydrogens (tertiary/aromatic N) is 4. The Kier molecular flexibility index (Phi) is 6.03. The number of hydrogen-bond acceptors (Lipinski definition) is 8. The van der Waals surface area contributed by atoms with Gasteiger partial charge in [-0.25, -0.2) is 22.5 Å². The van der Waals surface area contributed by atoms with Crippen LogP contribution in [0, 0.1) is 29.4 Å². The zero-order valence-corrected chi connectivity index (χ0v) is 23.1. The van der Waals surface area contributed by atoms with Crippen molar-refractivity contribution in [1.29, 1.82) is 0 Å². The summed E-state index contributed by atoms with van der Waals surface area (Å²) in [7, 11) is 0. The zero-order valence-electron chi connectivity index (χ0n) is 23.1. The van der Waals surface area contributed by atoms with Crippen molar-refractivity contribution in [1.82, 2.24) is 20.3 Å². The predicted octanol–water partition coefficient (Wildman–Crippen LogP) is 4.54. The fraction of sp³-hybridized carbons (Fsp3) is 0.387. The van der Waals surface area contributed by atoms with E-state index in [1.807, 2.05) is 4.90 Å². The molecule has 2 aliphatic heterocycles. The van der Waals surface area contributed by atoms with Gasteiger partial charge in [-0.2, -0.15) is 9.97 Å². The number of aromatic hydroxyl groups is 1. The number of pyridine rings is 1. The van der Waals surface area contributed by atoms with Crippen molar-refractivity contribution in [2.75, 3.05) is 31.2 Å². The first-order chi connectivity index (χ1) is 20.5. The standard InChI is InChI=1S/C31H27F4N5O3/c1-3-16-5-4-6-17-9-21(42)36-26(22(16)17)23-20(32)10-19-25(24(23)33)37-28(43-15-30(14-41)12-31(30,34)35)38-27(19)40-11-18-7-8-29(2,13-40)39-18/h1,4-6,9-10,18,39,41H,7-8,11-15H2,2H3,(H,36,42)/t18-,29-,30-/m1/s1. The van der Waals surface area contributed by atoms with Gasteiger partial charge in [-0.05, 0) is 37.3 Å². The highest BCUT2D eigenvalue weighted by molar-refractivity contribution is 6.02. The fourth-order valence-corrected chi connectivity index (χ4v) is 6.54. The Morgan fingerprint density at radius 2 is 2.00 bits per heavy atom. The number of halogens is 4. The van der Waals surface area contributed by atoms with Crippen molar-refractivity contribution < 1.29 is 32.5 Å². The first-order valence-corrected chi connectivity index (χ1v) is 13.9. The Balaban J connectivity index is 1.43. The first kappa shape index (κ1) is 27.6. The van der Waals surface area contributed by atoms with Gasteiger partial charge >= 0.3 is 6.01 Å². The quantitative estimate of drug-likeness (QED) is 0.221. The summed E-state index contributed by atoms with van der Waals surface area (Å²) in [6.45, 7) is 1.62. The average molecular weight is 594 g/mol. The molecule has 0 amide bonds. The van der Waals surface area contributed by atoms with Crippen molar-refractivity contribution in [2.45, 2.75) is 43.7 Å². The maximum absolute atomic E-state index is 16.6. The highest BCUT2D eigenvalue weighted by Gasteiger charge is 2.71. The number of terminal acetylenes is 1. The Morgan fingerprint density at radius 3 is 2.70 bits per heavy atom. The Bertz CT molecular complexity index is 1860. The van der Waals surface area contributed by atoms with Crippen LogP contribution in [0.2, 0.25) is 0 Å². The van der Waals surface area contributed by atoms with Crippen LogP contribution in [0.15, 0.2) is 30.3 Å². The highest BCUT2D eigenvalue weighted by Crippen LogP contribution is 2.60. The molecule has 3 fully saturated rings. The molecule has 2 saturated heterocycles. The van der Waals surface area contributed by atoms with Crippen molar-refractivity contribution in [3.63, 3.8) is 0 Å². The number of alkyl halides is 2. The maximum atomic E-state index is 16.6. The minimum absolute atomic E-state index is 0.0613. The molecular formula is C31H27F4N5O3. The molecule has 0 radical (unpaired) electrons. The molecule has 8 nitrogen and oxygen atoms in total. The molecule has 0 spiro atoms. The summed E-state index contributed by atoms with van der Waals surface area (Å²) in [6.07, 6.45) is 6.93. The van der Waals surface area contributed by atoms with E-state index in [9.17, 15) is 19.0 Å². The van der Waals surface area contributed by atoms with Crippen LogP contribution in [-0.2, 0) is 0 Å². The minimum atomic E-state index is -3.12. The van der Waals surface area contributed by atoms with Gasteiger partial charge in [-0.15, -0.1) is 6.42 Å². The van der Waals surface area contributed by atoms with Crippen LogP contribution in [-0.4, -0.2) is 69.0 Å². The smallest absolute Gasteiger partial charge is 0.319 e. The number of aromatic nitrogens is 3. The number of anilines is 1. The van der Waals surface area contributed by atoms with Gasteiger partial charge in [-0.1, -0.05) is 18.1 Å². The van der Waals surface area contributed by atoms with E-state index in [1.165, 1.54) is 6.07 Å². The summed E-state index contributed by atoms with van der Waals surface area (Å²) in [6, 6.07) is 7.07. The van der Waals surface area contributed by atoms with Crippen molar-refractivity contribution in [3.05, 3.63) is 47.5 Å². The van der Waals surface area contributed by atoms with Crippen LogP contribution < -0.4 is 15.0 Å². The number of nitrogens with one attached hydrogen (secondary N) is 1. The van der Waals surface area contributed by atoms with Gasteiger partial charge in [0.1, 0.15) is 23.8 Å². The van der Waals surface area contributed by atoms with Crippen LogP contribution >= 0.6 is 0 Å². The number of aliphatic hydroxyl groups excluding tert-OH is 1. The highest BCUT2D eigenvalue weighted by atomic mass is 19.3. The molecule has 222 valence electrons. The Hall–Kier alpha value is -4.21. The van der Waals surface area contributed by atoms with E-state index < -0.39 is 54.0 Å². The molecule has 4 aromatic rings. The second-order valence-corrected chi connectivity index (χ2v) is 12.1. The molecule has 2 aromatic heterocycles. The third kappa shape index (κ3) is 4.33. The van der Waals surface area contributed by atoms with Crippen LogP contribution in [0.3, 0.4) is 0 Å². The number of piperazine rings is 1. The van der Waals surface area contributed by atoms with Gasteiger partial charge in [0.05, 0.1) is 23.3 Å². The van der Waals surface area contributed by atoms with Gasteiger partial charge in [0, 0.05) is 53.5 Å². The molecule has 3 aliphatic rings. The van der Waals surface area contributed by atoms with Crippen molar-refractivity contribution in [3.8, 4) is 35.5 Å². The van der Waals surface area contributed by atoms with Crippen molar-refractivity contribution >= 4 is 27.5 Å². The lowest BCUT2D eigenvalue weighted by molar-refractivity contribution is 0.0126. The van der Waals surface area contributed by atoms with E-state index in [4.69, 9.17) is 11.2 Å². The van der Waals surface area contributed by atoms with Gasteiger partial charge in [0.25, 0.3) is 5.92 Å². The lowest BCUT2D eigenvalue weighted by Gasteiger charge is -2.40. The third-order valence-corrected chi connectivity index (χ3v) is 8.95. The third-order valence-electron chi connectivity index (χ3n) is 8.95. The van der Waals surface area contributed by atoms with Crippen LogP contribution in [0.5, 0.6) is 11.9 Å². The largest absolute Gasteiger partial charge is 0.493 e. The topological polar surface area (TPSA) is 104 Å². The van der Waals surface area contributed by atoms with Crippen LogP contribution in [0.25, 0.3) is 32.9 Å². The molecule has 2 aromatic carbocycles. The monoisotopic (exact) mass is 593 g/mol. The normalized spacial score (nSPS) is 25.7. The van der Waals surface area contributed by atoms with Gasteiger partial charge in [-0.3, -0.25) is 0 Å². The summed E-state index contributed by atoms with van der Waals surface area (Å²) >= 11 is 0. The summed E-state index contributed by atoms with van der Waals surface area (Å²) < 4.78 is 66.4. The van der Waals surface area contributed by atoms with Crippen molar-refractivity contribution in [2.24, 2.45) is 5.41 Å². The number of aliphatic hydroxyl groups is 1. The summed E-state index contributed by atoms with van der Waals surface area (Å²) in [4.78, 5) is 14.6. The number of ether oxygens (including phenoxy) is 1. The molecule has 4 heterocycles. The summed E-state index contributed by atoms with van der Waals surface area (Å²) in [5.41, 5.74) is -2.83. The lowest BCUT2D eigenvalue weighted by Crippen LogP contribution is -2.58. The number of fused-ring (bicyclic) bond motifs is 4. The van der Waals surface area contributed by atoms with E-state index >= 15 is 8.78 Å². The number of hydrogen-bond donors (Lipinski definition) is 3. The SMILES string of the molecule is C#Cc1cccc2cc(O)nc(-c3c(F)cc4c(N5C[C@H]6CC[C@](C)(C5)N6)nc(OC[C@]5(CO)CC5(F)F)nc4c3F)c12. The lowest BCUT2D eigenvalue weighted by atomic mass is 9.97.